The molecule has 0 aromatic heterocycles. The van der Waals surface area contributed by atoms with Crippen LogP contribution in [-0.4, -0.2) is 54.0 Å². The molecule has 2 aliphatic rings. The van der Waals surface area contributed by atoms with E-state index in [0.717, 1.165) is 42.0 Å². The van der Waals surface area contributed by atoms with Gasteiger partial charge in [0.1, 0.15) is 10.9 Å². The smallest absolute Gasteiger partial charge is 0.269 e. The van der Waals surface area contributed by atoms with Gasteiger partial charge in [-0.2, -0.15) is 0 Å². The number of carbonyl (C=O) groups excluding carboxylic acids is 3. The van der Waals surface area contributed by atoms with Gasteiger partial charge in [-0.05, 0) is 49.6 Å². The Morgan fingerprint density at radius 2 is 1.83 bits per heavy atom. The minimum Gasteiger partial charge on any atom is -0.352 e. The van der Waals surface area contributed by atoms with E-state index in [2.05, 4.69) is 5.32 Å². The number of nitrogens with zero attached hydrogens (tertiary/aromatic N) is 2. The number of benzene rings is 2. The molecule has 4 rings (SSSR count). The number of hydrogen-bond donors (Lipinski definition) is 1. The monoisotopic (exact) mass is 531 g/mol. The van der Waals surface area contributed by atoms with E-state index in [0.29, 0.717) is 5.02 Å². The molecule has 2 aromatic rings. The maximum Gasteiger partial charge on any atom is 0.269 e. The predicted octanol–water partition coefficient (Wildman–Crippen LogP) is 3.74. The minimum absolute atomic E-state index is 0.0570. The predicted molar refractivity (Wildman–Crippen MR) is 136 cm³/mol. The molecule has 1 heterocycles. The summed E-state index contributed by atoms with van der Waals surface area (Å²) in [6, 6.07) is 12.3. The molecule has 0 saturated heterocycles. The Morgan fingerprint density at radius 3 is 2.53 bits per heavy atom. The van der Waals surface area contributed by atoms with E-state index >= 15 is 0 Å². The van der Waals surface area contributed by atoms with Crippen LogP contribution in [0.1, 0.15) is 61.4 Å². The van der Waals surface area contributed by atoms with Crippen LogP contribution >= 0.6 is 11.6 Å². The second kappa shape index (κ2) is 11.0. The third kappa shape index (κ3) is 5.57. The van der Waals surface area contributed by atoms with Gasteiger partial charge < -0.3 is 10.2 Å². The fourth-order valence-corrected chi connectivity index (χ4v) is 6.56. The van der Waals surface area contributed by atoms with Crippen molar-refractivity contribution in [3.8, 4) is 0 Å². The van der Waals surface area contributed by atoms with E-state index in [1.54, 1.807) is 37.3 Å². The Labute approximate surface area is 216 Å². The summed E-state index contributed by atoms with van der Waals surface area (Å²) in [7, 11) is -4.02. The molecule has 0 bridgehead atoms. The van der Waals surface area contributed by atoms with Crippen LogP contribution in [0, 0.1) is 0 Å². The van der Waals surface area contributed by atoms with E-state index < -0.39 is 27.9 Å². The summed E-state index contributed by atoms with van der Waals surface area (Å²) < 4.78 is 26.5. The van der Waals surface area contributed by atoms with E-state index in [4.69, 9.17) is 11.6 Å². The van der Waals surface area contributed by atoms with Gasteiger partial charge in [0, 0.05) is 30.6 Å². The van der Waals surface area contributed by atoms with Crippen LogP contribution in [0.5, 0.6) is 0 Å². The lowest BCUT2D eigenvalue weighted by molar-refractivity contribution is -0.141. The number of nitrogens with one attached hydrogen (secondary N) is 1. The van der Waals surface area contributed by atoms with Gasteiger partial charge in [-0.3, -0.25) is 14.4 Å². The first-order chi connectivity index (χ1) is 17.2. The van der Waals surface area contributed by atoms with Crippen molar-refractivity contribution >= 4 is 39.3 Å². The van der Waals surface area contributed by atoms with Crippen molar-refractivity contribution in [2.45, 2.75) is 69.0 Å². The molecule has 0 radical (unpaired) electrons. The summed E-state index contributed by atoms with van der Waals surface area (Å²) in [5.74, 6) is -1.34. The molecule has 36 heavy (non-hydrogen) atoms. The molecule has 1 fully saturated rings. The molecular formula is C26H30ClN3O5S. The van der Waals surface area contributed by atoms with Gasteiger partial charge in [-0.25, -0.2) is 12.7 Å². The molecule has 1 aliphatic heterocycles. The van der Waals surface area contributed by atoms with Crippen LogP contribution in [0.4, 0.5) is 0 Å². The van der Waals surface area contributed by atoms with E-state index in [1.807, 2.05) is 6.07 Å². The summed E-state index contributed by atoms with van der Waals surface area (Å²) in [6.07, 6.45) is 4.85. The average Bonchev–Trinajstić information content (AvgIpc) is 3.06. The first-order valence-corrected chi connectivity index (χ1v) is 14.0. The SMILES string of the molecule is C[C@H](C(=O)NC1CCCCC1)N(Cc1cccc(Cl)c1)C(=O)CCN1C(=O)c2ccccc2S1(=O)=O. The van der Waals surface area contributed by atoms with Crippen LogP contribution in [0.15, 0.2) is 53.4 Å². The lowest BCUT2D eigenvalue weighted by atomic mass is 9.95. The molecular weight excluding hydrogens is 502 g/mol. The van der Waals surface area contributed by atoms with Crippen molar-refractivity contribution in [3.05, 3.63) is 64.7 Å². The zero-order chi connectivity index (χ0) is 25.9. The van der Waals surface area contributed by atoms with E-state index in [1.165, 1.54) is 17.0 Å². The minimum atomic E-state index is -4.02. The third-order valence-electron chi connectivity index (χ3n) is 6.80. The Hall–Kier alpha value is -2.91. The quantitative estimate of drug-likeness (QED) is 0.559. The average molecular weight is 532 g/mol. The van der Waals surface area contributed by atoms with Gasteiger partial charge >= 0.3 is 0 Å². The second-order valence-electron chi connectivity index (χ2n) is 9.30. The highest BCUT2D eigenvalue weighted by Gasteiger charge is 2.41. The molecule has 1 N–H and O–H groups in total. The highest BCUT2D eigenvalue weighted by atomic mass is 35.5. The summed E-state index contributed by atoms with van der Waals surface area (Å²) in [5.41, 5.74) is 0.839. The lowest BCUT2D eigenvalue weighted by Crippen LogP contribution is -2.50. The van der Waals surface area contributed by atoms with Gasteiger partial charge in [-0.15, -0.1) is 0 Å². The molecule has 1 aliphatic carbocycles. The lowest BCUT2D eigenvalue weighted by Gasteiger charge is -2.31. The van der Waals surface area contributed by atoms with E-state index in [-0.39, 0.29) is 41.9 Å². The Balaban J connectivity index is 1.50. The highest BCUT2D eigenvalue weighted by molar-refractivity contribution is 7.90. The highest BCUT2D eigenvalue weighted by Crippen LogP contribution is 2.30. The number of carbonyl (C=O) groups is 3. The van der Waals surface area contributed by atoms with Crippen molar-refractivity contribution in [2.24, 2.45) is 0 Å². The normalized spacial score (nSPS) is 17.9. The van der Waals surface area contributed by atoms with Crippen molar-refractivity contribution < 1.29 is 22.8 Å². The zero-order valence-electron chi connectivity index (χ0n) is 20.2. The van der Waals surface area contributed by atoms with Gasteiger partial charge in [0.25, 0.3) is 15.9 Å². The van der Waals surface area contributed by atoms with Crippen molar-refractivity contribution in [3.63, 3.8) is 0 Å². The fraction of sp³-hybridized carbons (Fsp3) is 0.423. The van der Waals surface area contributed by atoms with Crippen molar-refractivity contribution in [2.75, 3.05) is 6.54 Å². The van der Waals surface area contributed by atoms with Gasteiger partial charge in [0.15, 0.2) is 0 Å². The van der Waals surface area contributed by atoms with Gasteiger partial charge in [0.2, 0.25) is 11.8 Å². The van der Waals surface area contributed by atoms with Crippen molar-refractivity contribution in [1.82, 2.24) is 14.5 Å². The summed E-state index contributed by atoms with van der Waals surface area (Å²) >= 11 is 6.12. The standard InChI is InChI=1S/C26H30ClN3O5S/c1-18(25(32)28-21-10-3-2-4-11-21)29(17-19-8-7-9-20(27)16-19)24(31)14-15-30-26(33)22-12-5-6-13-23(22)36(30,34)35/h5-9,12-13,16,18,21H,2-4,10-11,14-15,17H2,1H3,(H,28,32)/t18-/m1/s1. The summed E-state index contributed by atoms with van der Waals surface area (Å²) in [4.78, 5) is 40.6. The maximum absolute atomic E-state index is 13.4. The molecule has 2 aromatic carbocycles. The van der Waals surface area contributed by atoms with Crippen molar-refractivity contribution in [1.29, 1.82) is 0 Å². The third-order valence-corrected chi connectivity index (χ3v) is 8.88. The van der Waals surface area contributed by atoms with Crippen LogP contribution in [-0.2, 0) is 26.2 Å². The Morgan fingerprint density at radius 1 is 1.11 bits per heavy atom. The number of amides is 3. The first-order valence-electron chi connectivity index (χ1n) is 12.2. The first kappa shape index (κ1) is 26.2. The molecule has 1 saturated carbocycles. The van der Waals surface area contributed by atoms with Gasteiger partial charge in [-0.1, -0.05) is 55.1 Å². The number of fused-ring (bicyclic) bond motifs is 1. The van der Waals surface area contributed by atoms with Crippen LogP contribution in [0.25, 0.3) is 0 Å². The molecule has 8 nitrogen and oxygen atoms in total. The second-order valence-corrected chi connectivity index (χ2v) is 11.6. The fourth-order valence-electron chi connectivity index (χ4n) is 4.78. The number of hydrogen-bond acceptors (Lipinski definition) is 5. The topological polar surface area (TPSA) is 104 Å². The molecule has 1 atom stereocenters. The number of rotatable bonds is 8. The number of sulfonamides is 1. The summed E-state index contributed by atoms with van der Waals surface area (Å²) in [6.45, 7) is 1.48. The number of halogens is 1. The molecule has 192 valence electrons. The molecule has 3 amide bonds. The van der Waals surface area contributed by atoms with Crippen LogP contribution < -0.4 is 5.32 Å². The largest absolute Gasteiger partial charge is 0.352 e. The van der Waals surface area contributed by atoms with Crippen LogP contribution in [0.2, 0.25) is 5.02 Å². The van der Waals surface area contributed by atoms with Crippen LogP contribution in [0.3, 0.4) is 0 Å². The Kier molecular flexibility index (Phi) is 8.00. The zero-order valence-corrected chi connectivity index (χ0v) is 21.7. The Bertz CT molecular complexity index is 1260. The van der Waals surface area contributed by atoms with E-state index in [9.17, 15) is 22.8 Å². The molecule has 0 spiro atoms. The molecule has 10 heteroatoms. The summed E-state index contributed by atoms with van der Waals surface area (Å²) in [5, 5.41) is 3.57. The molecule has 0 unspecified atom stereocenters. The van der Waals surface area contributed by atoms with Gasteiger partial charge in [0.05, 0.1) is 5.56 Å². The maximum atomic E-state index is 13.4.